The van der Waals surface area contributed by atoms with E-state index in [9.17, 15) is 9.18 Å². The fraction of sp³-hybridized carbons (Fsp3) is 0.278. The van der Waals surface area contributed by atoms with Crippen molar-refractivity contribution in [2.75, 3.05) is 30.4 Å². The number of nitrogens with zero attached hydrogens (tertiary/aromatic N) is 1. The minimum atomic E-state index is -0.313. The van der Waals surface area contributed by atoms with E-state index in [0.717, 1.165) is 17.9 Å². The summed E-state index contributed by atoms with van der Waals surface area (Å²) in [5.74, 6) is 0.112. The van der Waals surface area contributed by atoms with Gasteiger partial charge in [-0.1, -0.05) is 6.07 Å². The molecule has 0 aliphatic heterocycles. The lowest BCUT2D eigenvalue weighted by atomic mass is 10.2. The van der Waals surface area contributed by atoms with E-state index in [1.54, 1.807) is 0 Å². The zero-order chi connectivity index (χ0) is 16.7. The first-order chi connectivity index (χ1) is 11.1. The van der Waals surface area contributed by atoms with Gasteiger partial charge in [0.15, 0.2) is 0 Å². The highest BCUT2D eigenvalue weighted by molar-refractivity contribution is 5.91. The summed E-state index contributed by atoms with van der Waals surface area (Å²) in [5.41, 5.74) is 1.81. The van der Waals surface area contributed by atoms with Crippen molar-refractivity contribution in [3.05, 3.63) is 54.3 Å². The van der Waals surface area contributed by atoms with Crippen LogP contribution in [0.2, 0.25) is 0 Å². The van der Waals surface area contributed by atoms with Crippen LogP contribution < -0.4 is 15.0 Å². The number of carbonyl (C=O) groups is 1. The molecule has 122 valence electrons. The Kier molecular flexibility index (Phi) is 5.97. The number of rotatable bonds is 7. The Hall–Kier alpha value is -2.56. The van der Waals surface area contributed by atoms with Crippen molar-refractivity contribution in [2.45, 2.75) is 13.3 Å². The summed E-state index contributed by atoms with van der Waals surface area (Å²) in [6.45, 7) is 3.20. The number of benzene rings is 2. The summed E-state index contributed by atoms with van der Waals surface area (Å²) in [6.07, 6.45) is 0.227. The zero-order valence-corrected chi connectivity index (χ0v) is 13.4. The molecule has 4 nitrogen and oxygen atoms in total. The number of halogens is 1. The molecule has 0 atom stereocenters. The van der Waals surface area contributed by atoms with Crippen molar-refractivity contribution >= 4 is 17.3 Å². The highest BCUT2D eigenvalue weighted by Gasteiger charge is 2.05. The minimum Gasteiger partial charge on any atom is -0.493 e. The maximum atomic E-state index is 12.8. The van der Waals surface area contributed by atoms with Crippen molar-refractivity contribution in [3.8, 4) is 5.75 Å². The van der Waals surface area contributed by atoms with Gasteiger partial charge in [0, 0.05) is 25.0 Å². The van der Waals surface area contributed by atoms with Crippen molar-refractivity contribution in [1.29, 1.82) is 0 Å². The summed E-state index contributed by atoms with van der Waals surface area (Å²) in [6, 6.07) is 13.4. The van der Waals surface area contributed by atoms with Crippen LogP contribution >= 0.6 is 0 Å². The average Bonchev–Trinajstić information content (AvgIpc) is 2.56. The van der Waals surface area contributed by atoms with Gasteiger partial charge in [-0.2, -0.15) is 0 Å². The number of anilines is 2. The van der Waals surface area contributed by atoms with E-state index in [-0.39, 0.29) is 24.8 Å². The Morgan fingerprint density at radius 1 is 1.22 bits per heavy atom. The molecule has 1 N–H and O–H groups in total. The molecule has 5 heteroatoms. The van der Waals surface area contributed by atoms with E-state index >= 15 is 0 Å². The van der Waals surface area contributed by atoms with Crippen LogP contribution in [0.15, 0.2) is 48.5 Å². The van der Waals surface area contributed by atoms with Gasteiger partial charge >= 0.3 is 0 Å². The Morgan fingerprint density at radius 2 is 1.96 bits per heavy atom. The monoisotopic (exact) mass is 316 g/mol. The molecule has 0 radical (unpaired) electrons. The quantitative estimate of drug-likeness (QED) is 0.847. The Morgan fingerprint density at radius 3 is 2.65 bits per heavy atom. The highest BCUT2D eigenvalue weighted by atomic mass is 19.1. The molecular formula is C18H21FN2O2. The Labute approximate surface area is 135 Å². The summed E-state index contributed by atoms with van der Waals surface area (Å²) >= 11 is 0. The van der Waals surface area contributed by atoms with Crippen LogP contribution in [0.4, 0.5) is 15.8 Å². The molecule has 2 aromatic rings. The fourth-order valence-corrected chi connectivity index (χ4v) is 2.02. The normalized spacial score (nSPS) is 10.2. The molecule has 0 aliphatic carbocycles. The molecule has 0 aliphatic rings. The third-order valence-corrected chi connectivity index (χ3v) is 3.46. The number of carbonyl (C=O) groups excluding carboxylic acids is 1. The van der Waals surface area contributed by atoms with Gasteiger partial charge in [0.25, 0.3) is 0 Å². The fourth-order valence-electron chi connectivity index (χ4n) is 2.02. The number of nitrogens with one attached hydrogen (secondary N) is 1. The molecule has 0 bridgehead atoms. The molecule has 0 unspecified atom stereocenters. The first-order valence-corrected chi connectivity index (χ1v) is 7.58. The second kappa shape index (κ2) is 8.17. The third kappa shape index (κ3) is 5.29. The summed E-state index contributed by atoms with van der Waals surface area (Å²) in [7, 11) is 2.00. The maximum Gasteiger partial charge on any atom is 0.227 e. The van der Waals surface area contributed by atoms with E-state index in [0.29, 0.717) is 5.75 Å². The predicted molar refractivity (Wildman–Crippen MR) is 90.5 cm³/mol. The molecule has 0 spiro atoms. The lowest BCUT2D eigenvalue weighted by Crippen LogP contribution is -2.17. The lowest BCUT2D eigenvalue weighted by Gasteiger charge is -2.17. The molecule has 0 heterocycles. The van der Waals surface area contributed by atoms with Crippen molar-refractivity contribution < 1.29 is 13.9 Å². The van der Waals surface area contributed by atoms with Gasteiger partial charge in [-0.25, -0.2) is 4.39 Å². The predicted octanol–water partition coefficient (Wildman–Crippen LogP) is 3.69. The number of ether oxygens (including phenoxy) is 1. The molecular weight excluding hydrogens is 295 g/mol. The number of hydrogen-bond acceptors (Lipinski definition) is 3. The standard InChI is InChI=1S/C18H21FN2O2/c1-3-21(2)16-6-4-5-15(13-16)20-18(22)11-12-23-17-9-7-14(19)8-10-17/h4-10,13H,3,11-12H2,1-2H3,(H,20,22). The number of amides is 1. The molecule has 0 saturated carbocycles. The van der Waals surface area contributed by atoms with E-state index in [2.05, 4.69) is 17.1 Å². The van der Waals surface area contributed by atoms with Crippen molar-refractivity contribution in [3.63, 3.8) is 0 Å². The molecule has 1 amide bonds. The molecule has 2 rings (SSSR count). The van der Waals surface area contributed by atoms with E-state index in [1.165, 1.54) is 24.3 Å². The third-order valence-electron chi connectivity index (χ3n) is 3.46. The minimum absolute atomic E-state index is 0.122. The Bertz CT molecular complexity index is 644. The van der Waals surface area contributed by atoms with E-state index in [4.69, 9.17) is 4.74 Å². The van der Waals surface area contributed by atoms with Crippen LogP contribution in [0.25, 0.3) is 0 Å². The summed E-state index contributed by atoms with van der Waals surface area (Å²) in [4.78, 5) is 14.0. The summed E-state index contributed by atoms with van der Waals surface area (Å²) < 4.78 is 18.2. The van der Waals surface area contributed by atoms with Gasteiger partial charge in [0.05, 0.1) is 13.0 Å². The van der Waals surface area contributed by atoms with E-state index < -0.39 is 0 Å². The topological polar surface area (TPSA) is 41.6 Å². The van der Waals surface area contributed by atoms with Gasteiger partial charge in [-0.3, -0.25) is 4.79 Å². The summed E-state index contributed by atoms with van der Waals surface area (Å²) in [5, 5.41) is 2.85. The first kappa shape index (κ1) is 16.8. The van der Waals surface area contributed by atoms with Gasteiger partial charge in [0.1, 0.15) is 11.6 Å². The Balaban J connectivity index is 1.81. The van der Waals surface area contributed by atoms with Crippen LogP contribution in [0.3, 0.4) is 0 Å². The van der Waals surface area contributed by atoms with Crippen molar-refractivity contribution in [2.24, 2.45) is 0 Å². The van der Waals surface area contributed by atoms with Crippen LogP contribution in [0.1, 0.15) is 13.3 Å². The van der Waals surface area contributed by atoms with Gasteiger partial charge in [0.2, 0.25) is 5.91 Å². The number of hydrogen-bond donors (Lipinski definition) is 1. The zero-order valence-electron chi connectivity index (χ0n) is 13.4. The van der Waals surface area contributed by atoms with Gasteiger partial charge in [-0.15, -0.1) is 0 Å². The second-order valence-corrected chi connectivity index (χ2v) is 5.17. The van der Waals surface area contributed by atoms with Gasteiger partial charge in [-0.05, 0) is 49.4 Å². The molecule has 0 fully saturated rings. The maximum absolute atomic E-state index is 12.8. The highest BCUT2D eigenvalue weighted by Crippen LogP contribution is 2.18. The van der Waals surface area contributed by atoms with E-state index in [1.807, 2.05) is 31.3 Å². The molecule has 0 aromatic heterocycles. The smallest absolute Gasteiger partial charge is 0.227 e. The lowest BCUT2D eigenvalue weighted by molar-refractivity contribution is -0.116. The average molecular weight is 316 g/mol. The van der Waals surface area contributed by atoms with Crippen LogP contribution in [0, 0.1) is 5.82 Å². The second-order valence-electron chi connectivity index (χ2n) is 5.17. The molecule has 2 aromatic carbocycles. The van der Waals surface area contributed by atoms with Crippen LogP contribution in [-0.4, -0.2) is 26.1 Å². The molecule has 23 heavy (non-hydrogen) atoms. The largest absolute Gasteiger partial charge is 0.493 e. The van der Waals surface area contributed by atoms with Gasteiger partial charge < -0.3 is 15.0 Å². The van der Waals surface area contributed by atoms with Crippen LogP contribution in [0.5, 0.6) is 5.75 Å². The first-order valence-electron chi connectivity index (χ1n) is 7.58. The molecule has 0 saturated heterocycles. The van der Waals surface area contributed by atoms with Crippen LogP contribution in [-0.2, 0) is 4.79 Å². The SMILES string of the molecule is CCN(C)c1cccc(NC(=O)CCOc2ccc(F)cc2)c1. The van der Waals surface area contributed by atoms with Crippen molar-refractivity contribution in [1.82, 2.24) is 0 Å².